The highest BCUT2D eigenvalue weighted by Crippen LogP contribution is 2.33. The molecule has 0 fully saturated rings. The molecule has 1 aromatic carbocycles. The zero-order valence-corrected chi connectivity index (χ0v) is 16.4. The average Bonchev–Trinajstić information content (AvgIpc) is 3.01. The van der Waals surface area contributed by atoms with E-state index < -0.39 is 5.41 Å². The number of aromatic nitrogens is 1. The number of hydrogen-bond acceptors (Lipinski definition) is 6. The Labute approximate surface area is 156 Å². The molecule has 0 bridgehead atoms. The third-order valence-electron chi connectivity index (χ3n) is 3.31. The van der Waals surface area contributed by atoms with Gasteiger partial charge in [-0.25, -0.2) is 4.98 Å². The number of carbonyl (C=O) groups excluding carboxylic acids is 1. The zero-order valence-electron chi connectivity index (χ0n) is 14.8. The summed E-state index contributed by atoms with van der Waals surface area (Å²) in [7, 11) is 3.18. The van der Waals surface area contributed by atoms with Crippen LogP contribution in [0.2, 0.25) is 0 Å². The summed E-state index contributed by atoms with van der Waals surface area (Å²) < 4.78 is 10.5. The molecule has 2 aromatic rings. The van der Waals surface area contributed by atoms with Gasteiger partial charge in [0.15, 0.2) is 21.7 Å². The Bertz CT molecular complexity index is 782. The van der Waals surface area contributed by atoms with Crippen molar-refractivity contribution in [3.63, 3.8) is 0 Å². The molecule has 0 radical (unpaired) electrons. The Kier molecular flexibility index (Phi) is 5.97. The summed E-state index contributed by atoms with van der Waals surface area (Å²) in [6, 6.07) is 5.59. The highest BCUT2D eigenvalue weighted by atomic mass is 32.1. The van der Waals surface area contributed by atoms with Crippen LogP contribution in [0, 0.1) is 5.41 Å². The van der Waals surface area contributed by atoms with Crippen LogP contribution in [0.15, 0.2) is 23.6 Å². The van der Waals surface area contributed by atoms with E-state index in [0.717, 1.165) is 11.3 Å². The topological polar surface area (TPSA) is 72.5 Å². The van der Waals surface area contributed by atoms with Crippen LogP contribution in [-0.4, -0.2) is 30.2 Å². The number of hydrogen-bond donors (Lipinski definition) is 2. The molecule has 25 heavy (non-hydrogen) atoms. The summed E-state index contributed by atoms with van der Waals surface area (Å²) in [6.07, 6.45) is 0. The molecule has 0 saturated carbocycles. The predicted molar refractivity (Wildman–Crippen MR) is 104 cm³/mol. The van der Waals surface area contributed by atoms with Crippen molar-refractivity contribution in [1.29, 1.82) is 0 Å². The van der Waals surface area contributed by atoms with Crippen LogP contribution in [-0.2, 0) is 4.79 Å². The van der Waals surface area contributed by atoms with Crippen molar-refractivity contribution < 1.29 is 14.3 Å². The maximum Gasteiger partial charge on any atom is 0.231 e. The number of nitrogens with zero attached hydrogens (tertiary/aromatic N) is 1. The summed E-state index contributed by atoms with van der Waals surface area (Å²) in [5.41, 5.74) is 1.16. The van der Waals surface area contributed by atoms with Gasteiger partial charge in [0, 0.05) is 16.4 Å². The lowest BCUT2D eigenvalue weighted by Gasteiger charge is -2.17. The molecule has 1 amide bonds. The van der Waals surface area contributed by atoms with Crippen molar-refractivity contribution >= 4 is 39.7 Å². The molecule has 134 valence electrons. The standard InChI is InChI=1S/C17H21N3O3S2/c1-17(2,3)14(21)19-15(24)20-16-18-11(9-25-16)10-6-7-12(22-4)13(8-10)23-5/h6-9H,1-5H3,(H2,18,19,20,21,24). The number of anilines is 1. The Morgan fingerprint density at radius 1 is 1.20 bits per heavy atom. The Balaban J connectivity index is 2.10. The molecule has 0 atom stereocenters. The van der Waals surface area contributed by atoms with E-state index in [1.54, 1.807) is 14.2 Å². The Morgan fingerprint density at radius 2 is 1.88 bits per heavy atom. The van der Waals surface area contributed by atoms with Crippen LogP contribution in [0.3, 0.4) is 0 Å². The number of nitrogens with one attached hydrogen (secondary N) is 2. The van der Waals surface area contributed by atoms with Crippen LogP contribution in [0.1, 0.15) is 20.8 Å². The smallest absolute Gasteiger partial charge is 0.231 e. The van der Waals surface area contributed by atoms with Crippen molar-refractivity contribution in [3.05, 3.63) is 23.6 Å². The molecular formula is C17H21N3O3S2. The Hall–Kier alpha value is -2.19. The van der Waals surface area contributed by atoms with Gasteiger partial charge >= 0.3 is 0 Å². The molecule has 0 aliphatic heterocycles. The number of benzene rings is 1. The molecule has 0 aliphatic rings. The highest BCUT2D eigenvalue weighted by Gasteiger charge is 2.22. The lowest BCUT2D eigenvalue weighted by molar-refractivity contribution is -0.126. The van der Waals surface area contributed by atoms with Gasteiger partial charge in [0.25, 0.3) is 0 Å². The van der Waals surface area contributed by atoms with Crippen molar-refractivity contribution in [2.45, 2.75) is 20.8 Å². The van der Waals surface area contributed by atoms with E-state index in [9.17, 15) is 4.79 Å². The fraction of sp³-hybridized carbons (Fsp3) is 0.353. The number of ether oxygens (including phenoxy) is 2. The van der Waals surface area contributed by atoms with Crippen LogP contribution in [0.5, 0.6) is 11.5 Å². The number of carbonyl (C=O) groups is 1. The molecule has 0 saturated heterocycles. The van der Waals surface area contributed by atoms with Gasteiger partial charge < -0.3 is 20.1 Å². The molecule has 1 heterocycles. The van der Waals surface area contributed by atoms with Crippen molar-refractivity contribution in [2.24, 2.45) is 5.41 Å². The minimum atomic E-state index is -0.514. The number of rotatable bonds is 4. The number of thiocarbonyl (C=S) groups is 1. The largest absolute Gasteiger partial charge is 0.493 e. The van der Waals surface area contributed by atoms with Crippen molar-refractivity contribution in [2.75, 3.05) is 19.5 Å². The zero-order chi connectivity index (χ0) is 18.6. The normalized spacial score (nSPS) is 10.9. The highest BCUT2D eigenvalue weighted by molar-refractivity contribution is 7.80. The van der Waals surface area contributed by atoms with Gasteiger partial charge in [-0.3, -0.25) is 4.79 Å². The fourth-order valence-corrected chi connectivity index (χ4v) is 2.86. The summed E-state index contributed by atoms with van der Waals surface area (Å²) in [5.74, 6) is 1.14. The first kappa shape index (κ1) is 19.1. The molecule has 2 N–H and O–H groups in total. The summed E-state index contributed by atoms with van der Waals surface area (Å²) in [6.45, 7) is 5.47. The summed E-state index contributed by atoms with van der Waals surface area (Å²) in [4.78, 5) is 16.4. The third-order valence-corrected chi connectivity index (χ3v) is 4.27. The molecule has 1 aromatic heterocycles. The van der Waals surface area contributed by atoms with E-state index in [-0.39, 0.29) is 11.0 Å². The average molecular weight is 380 g/mol. The fourth-order valence-electron chi connectivity index (χ4n) is 1.88. The van der Waals surface area contributed by atoms with Crippen LogP contribution in [0.25, 0.3) is 11.3 Å². The predicted octanol–water partition coefficient (Wildman–Crippen LogP) is 3.69. The monoisotopic (exact) mass is 379 g/mol. The van der Waals surface area contributed by atoms with Gasteiger partial charge in [0.2, 0.25) is 5.91 Å². The van der Waals surface area contributed by atoms with E-state index in [1.807, 2.05) is 44.4 Å². The van der Waals surface area contributed by atoms with E-state index in [2.05, 4.69) is 15.6 Å². The second-order valence-corrected chi connectivity index (χ2v) is 7.53. The van der Waals surface area contributed by atoms with Crippen LogP contribution < -0.4 is 20.1 Å². The first-order valence-corrected chi connectivity index (χ1v) is 8.83. The second-order valence-electron chi connectivity index (χ2n) is 6.27. The van der Waals surface area contributed by atoms with E-state index in [4.69, 9.17) is 21.7 Å². The molecule has 2 rings (SSSR count). The lowest BCUT2D eigenvalue weighted by Crippen LogP contribution is -2.41. The molecule has 6 nitrogen and oxygen atoms in total. The molecule has 0 aliphatic carbocycles. The van der Waals surface area contributed by atoms with Gasteiger partial charge in [-0.15, -0.1) is 11.3 Å². The first-order valence-electron chi connectivity index (χ1n) is 7.55. The van der Waals surface area contributed by atoms with Crippen LogP contribution in [0.4, 0.5) is 5.13 Å². The lowest BCUT2D eigenvalue weighted by atomic mass is 9.96. The third kappa shape index (κ3) is 4.90. The van der Waals surface area contributed by atoms with Crippen molar-refractivity contribution in [3.8, 4) is 22.8 Å². The van der Waals surface area contributed by atoms with Gasteiger partial charge in [-0.2, -0.15) is 0 Å². The van der Waals surface area contributed by atoms with E-state index in [0.29, 0.717) is 16.6 Å². The summed E-state index contributed by atoms with van der Waals surface area (Å²) >= 11 is 6.56. The Morgan fingerprint density at radius 3 is 2.48 bits per heavy atom. The molecule has 0 unspecified atom stereocenters. The first-order chi connectivity index (χ1) is 11.7. The van der Waals surface area contributed by atoms with Gasteiger partial charge in [-0.1, -0.05) is 20.8 Å². The molecular weight excluding hydrogens is 358 g/mol. The van der Waals surface area contributed by atoms with E-state index >= 15 is 0 Å². The summed E-state index contributed by atoms with van der Waals surface area (Å²) in [5, 5.41) is 8.33. The van der Waals surface area contributed by atoms with Gasteiger partial charge in [-0.05, 0) is 30.4 Å². The van der Waals surface area contributed by atoms with Gasteiger partial charge in [0.1, 0.15) is 0 Å². The number of methoxy groups -OCH3 is 2. The van der Waals surface area contributed by atoms with Crippen LogP contribution >= 0.6 is 23.6 Å². The molecule has 8 heteroatoms. The SMILES string of the molecule is COc1ccc(-c2csc(NC(=S)NC(=O)C(C)(C)C)n2)cc1OC. The maximum absolute atomic E-state index is 11.9. The minimum absolute atomic E-state index is 0.151. The molecule has 0 spiro atoms. The van der Waals surface area contributed by atoms with E-state index in [1.165, 1.54) is 11.3 Å². The number of amides is 1. The minimum Gasteiger partial charge on any atom is -0.493 e. The second kappa shape index (κ2) is 7.79. The quantitative estimate of drug-likeness (QED) is 0.790. The van der Waals surface area contributed by atoms with Gasteiger partial charge in [0.05, 0.1) is 19.9 Å². The maximum atomic E-state index is 11.9. The number of thiazole rings is 1. The van der Waals surface area contributed by atoms with Crippen molar-refractivity contribution in [1.82, 2.24) is 10.3 Å².